The van der Waals surface area contributed by atoms with E-state index in [0.717, 1.165) is 69.5 Å². The Labute approximate surface area is 345 Å². The van der Waals surface area contributed by atoms with Crippen LogP contribution in [0, 0.1) is 0 Å². The number of aromatic nitrogens is 1. The van der Waals surface area contributed by atoms with Crippen molar-refractivity contribution in [1.82, 2.24) is 4.98 Å². The molecule has 7 rings (SSSR count). The Morgan fingerprint density at radius 3 is 2.24 bits per heavy atom. The number of hydrogen-bond donors (Lipinski definition) is 0. The molecule has 0 saturated carbocycles. The number of benzene rings is 4. The second-order valence-electron chi connectivity index (χ2n) is 13.8. The van der Waals surface area contributed by atoms with Gasteiger partial charge in [0.25, 0.3) is 0 Å². The summed E-state index contributed by atoms with van der Waals surface area (Å²) in [5.41, 5.74) is 16.9. The zero-order valence-corrected chi connectivity index (χ0v) is 34.2. The largest absolute Gasteiger partial charge is 0.261 e. The van der Waals surface area contributed by atoms with E-state index >= 15 is 0 Å². The summed E-state index contributed by atoms with van der Waals surface area (Å²) in [6.45, 7) is 20.8. The molecular weight excluding hydrogens is 705 g/mol. The summed E-state index contributed by atoms with van der Waals surface area (Å²) in [5, 5.41) is 0. The van der Waals surface area contributed by atoms with Crippen molar-refractivity contribution in [2.24, 2.45) is 15.0 Å². The van der Waals surface area contributed by atoms with E-state index in [9.17, 15) is 0 Å². The average Bonchev–Trinajstić information content (AvgIpc) is 3.68. The summed E-state index contributed by atoms with van der Waals surface area (Å²) >= 11 is 0. The Bertz CT molecular complexity index is 2500. The molecule has 0 aliphatic heterocycles. The first-order chi connectivity index (χ1) is 28.5. The molecule has 0 amide bonds. The zero-order chi connectivity index (χ0) is 40.9. The Balaban J connectivity index is 0.00000279. The summed E-state index contributed by atoms with van der Waals surface area (Å²) in [6, 6.07) is 37.9. The first-order valence-electron chi connectivity index (χ1n) is 20.2. The molecule has 0 saturated heterocycles. The zero-order valence-electron chi connectivity index (χ0n) is 34.2. The van der Waals surface area contributed by atoms with Crippen molar-refractivity contribution in [3.8, 4) is 0 Å². The van der Waals surface area contributed by atoms with Crippen molar-refractivity contribution in [2.45, 2.75) is 53.5 Å². The lowest BCUT2D eigenvalue weighted by atomic mass is 9.86. The first kappa shape index (κ1) is 40.9. The van der Waals surface area contributed by atoms with E-state index in [1.807, 2.05) is 70.3 Å². The maximum atomic E-state index is 5.20. The fourth-order valence-corrected chi connectivity index (χ4v) is 7.58. The van der Waals surface area contributed by atoms with E-state index in [1.54, 1.807) is 6.08 Å². The van der Waals surface area contributed by atoms with E-state index in [4.69, 9.17) is 9.98 Å². The molecule has 0 spiro atoms. The Morgan fingerprint density at radius 1 is 0.793 bits per heavy atom. The van der Waals surface area contributed by atoms with Crippen LogP contribution in [0.5, 0.6) is 0 Å². The Morgan fingerprint density at radius 2 is 1.53 bits per heavy atom. The molecule has 2 aliphatic rings. The van der Waals surface area contributed by atoms with E-state index in [2.05, 4.69) is 139 Å². The number of amidine groups is 2. The van der Waals surface area contributed by atoms with Crippen LogP contribution in [0.2, 0.25) is 0 Å². The van der Waals surface area contributed by atoms with Crippen molar-refractivity contribution in [3.05, 3.63) is 226 Å². The summed E-state index contributed by atoms with van der Waals surface area (Å²) in [6.07, 6.45) is 19.0. The molecule has 5 aromatic rings. The summed E-state index contributed by atoms with van der Waals surface area (Å²) in [7, 11) is 0. The predicted molar refractivity (Wildman–Crippen MR) is 251 cm³/mol. The third-order valence-electron chi connectivity index (χ3n) is 10.3. The van der Waals surface area contributed by atoms with Crippen molar-refractivity contribution < 1.29 is 0 Å². The number of rotatable bonds is 11. The van der Waals surface area contributed by atoms with Crippen molar-refractivity contribution >= 4 is 46.8 Å². The van der Waals surface area contributed by atoms with E-state index < -0.39 is 0 Å². The van der Waals surface area contributed by atoms with Gasteiger partial charge in [-0.1, -0.05) is 173 Å². The number of allylic oxidation sites excluding steroid dienone is 10. The standard InChI is InChI=1S/C52H46N4.C2H6/c1-6-9-19-38(8-3)40-27-31-43(32-28-40)51(55-35-37-17-11-10-12-18-37)56-52(53-5)47-24-13-20-44-34-48-45(22-14-23-46(48)49(44)47)41-29-25-39(26-30-41)36(4)50-42(16-7-2)21-15-33-54-50;1-2/h6-13,15-22,24-33H,1,4-5,14,23,34-35H2,2-3H3;1-2H3/b16-7-,19-9-,38-8+,55-51?,56-52?;. The smallest absolute Gasteiger partial charge is 0.161 e. The van der Waals surface area contributed by atoms with Crippen molar-refractivity contribution in [3.63, 3.8) is 0 Å². The van der Waals surface area contributed by atoms with Gasteiger partial charge in [-0.05, 0) is 102 Å². The minimum atomic E-state index is 0.495. The fraction of sp³-hybridized carbons (Fsp3) is 0.148. The molecule has 0 fully saturated rings. The molecular formula is C54H52N4. The van der Waals surface area contributed by atoms with E-state index in [0.29, 0.717) is 18.2 Å². The van der Waals surface area contributed by atoms with Crippen LogP contribution >= 0.6 is 0 Å². The van der Waals surface area contributed by atoms with Crippen LogP contribution in [0.15, 0.2) is 186 Å². The highest BCUT2D eigenvalue weighted by molar-refractivity contribution is 6.15. The molecule has 0 unspecified atom stereocenters. The van der Waals surface area contributed by atoms with Gasteiger partial charge in [0.05, 0.1) is 12.2 Å². The van der Waals surface area contributed by atoms with Gasteiger partial charge in [0.2, 0.25) is 0 Å². The van der Waals surface area contributed by atoms with Crippen LogP contribution in [0.4, 0.5) is 0 Å². The monoisotopic (exact) mass is 756 g/mol. The molecule has 58 heavy (non-hydrogen) atoms. The van der Waals surface area contributed by atoms with Crippen LogP contribution in [0.25, 0.3) is 28.4 Å². The van der Waals surface area contributed by atoms with Crippen LogP contribution < -0.4 is 0 Å². The maximum absolute atomic E-state index is 5.20. The third kappa shape index (κ3) is 9.09. The third-order valence-corrected chi connectivity index (χ3v) is 10.3. The molecule has 0 atom stereocenters. The van der Waals surface area contributed by atoms with Gasteiger partial charge in [-0.15, -0.1) is 0 Å². The lowest BCUT2D eigenvalue weighted by Gasteiger charge is -2.19. The van der Waals surface area contributed by atoms with Gasteiger partial charge in [-0.25, -0.2) is 9.98 Å². The highest BCUT2D eigenvalue weighted by atomic mass is 15.0. The van der Waals surface area contributed by atoms with Gasteiger partial charge in [-0.3, -0.25) is 9.98 Å². The van der Waals surface area contributed by atoms with E-state index in [-0.39, 0.29) is 0 Å². The highest BCUT2D eigenvalue weighted by Gasteiger charge is 2.30. The molecule has 0 radical (unpaired) electrons. The fourth-order valence-electron chi connectivity index (χ4n) is 7.58. The van der Waals surface area contributed by atoms with Crippen LogP contribution in [-0.2, 0) is 13.0 Å². The van der Waals surface area contributed by atoms with Gasteiger partial charge in [0.1, 0.15) is 0 Å². The molecule has 0 bridgehead atoms. The van der Waals surface area contributed by atoms with Crippen molar-refractivity contribution in [2.75, 3.05) is 0 Å². The van der Waals surface area contributed by atoms with Crippen molar-refractivity contribution in [1.29, 1.82) is 0 Å². The lowest BCUT2D eigenvalue weighted by Crippen LogP contribution is -2.08. The topological polar surface area (TPSA) is 50.0 Å². The summed E-state index contributed by atoms with van der Waals surface area (Å²) in [4.78, 5) is 19.5. The summed E-state index contributed by atoms with van der Waals surface area (Å²) in [5.74, 6) is 1.19. The lowest BCUT2D eigenvalue weighted by molar-refractivity contribution is 1.05. The van der Waals surface area contributed by atoms with Crippen LogP contribution in [0.1, 0.15) is 96.3 Å². The second kappa shape index (κ2) is 19.9. The van der Waals surface area contributed by atoms with Gasteiger partial charge in [0, 0.05) is 28.5 Å². The predicted octanol–water partition coefficient (Wildman–Crippen LogP) is 13.6. The molecule has 4 nitrogen and oxygen atoms in total. The molecule has 288 valence electrons. The molecule has 0 N–H and O–H groups in total. The second-order valence-corrected chi connectivity index (χ2v) is 13.8. The van der Waals surface area contributed by atoms with Gasteiger partial charge in [0.15, 0.2) is 11.7 Å². The highest BCUT2D eigenvalue weighted by Crippen LogP contribution is 2.46. The molecule has 2 aliphatic carbocycles. The van der Waals surface area contributed by atoms with E-state index in [1.165, 1.54) is 33.4 Å². The quantitative estimate of drug-likeness (QED) is 0.0752. The molecule has 4 heteroatoms. The number of nitrogens with zero attached hydrogens (tertiary/aromatic N) is 4. The molecule has 1 aromatic heterocycles. The van der Waals surface area contributed by atoms with Crippen LogP contribution in [0.3, 0.4) is 0 Å². The average molecular weight is 757 g/mol. The number of aliphatic imine (C=N–C) groups is 3. The SMILES string of the molecule is C=C/C=C\C(=C/C)c1ccc(C(=NCc2ccccc2)N=C(N=C)c2cccc3c2C2=C(C3)C(c3ccc(C(=C)c4ncccc4/C=C\C)cc3)=CCC2)cc1.CC. The Kier molecular flexibility index (Phi) is 14.0. The molecule has 4 aromatic carbocycles. The maximum Gasteiger partial charge on any atom is 0.161 e. The number of fused-ring (bicyclic) bond motifs is 2. The minimum Gasteiger partial charge on any atom is -0.261 e. The molecule has 1 heterocycles. The Hall–Kier alpha value is -6.78. The van der Waals surface area contributed by atoms with Gasteiger partial charge in [-0.2, -0.15) is 0 Å². The minimum absolute atomic E-state index is 0.495. The number of hydrogen-bond acceptors (Lipinski definition) is 2. The number of pyridine rings is 1. The van der Waals surface area contributed by atoms with Gasteiger partial charge < -0.3 is 0 Å². The first-order valence-corrected chi connectivity index (χ1v) is 20.2. The normalized spacial score (nSPS) is 14.1. The summed E-state index contributed by atoms with van der Waals surface area (Å²) < 4.78 is 0. The van der Waals surface area contributed by atoms with Crippen LogP contribution in [-0.4, -0.2) is 23.4 Å². The van der Waals surface area contributed by atoms with Gasteiger partial charge >= 0.3 is 0 Å².